The van der Waals surface area contributed by atoms with Gasteiger partial charge in [0.15, 0.2) is 0 Å². The third-order valence-corrected chi connectivity index (χ3v) is 3.79. The van der Waals surface area contributed by atoms with E-state index < -0.39 is 10.0 Å². The van der Waals surface area contributed by atoms with E-state index in [0.29, 0.717) is 0 Å². The van der Waals surface area contributed by atoms with Crippen molar-refractivity contribution in [1.82, 2.24) is 19.9 Å². The molecule has 0 aliphatic rings. The van der Waals surface area contributed by atoms with E-state index in [9.17, 15) is 13.2 Å². The monoisotopic (exact) mass is 302 g/mol. The summed E-state index contributed by atoms with van der Waals surface area (Å²) in [4.78, 5) is 16.4. The van der Waals surface area contributed by atoms with E-state index in [1.54, 1.807) is 14.1 Å². The molecule has 0 spiro atoms. The SMILES string of the molecule is COc1ncccc1S(=O)(=O)NCCNC(=O)N(C)C. The van der Waals surface area contributed by atoms with Gasteiger partial charge in [0.05, 0.1) is 7.11 Å². The Morgan fingerprint density at radius 1 is 1.40 bits per heavy atom. The summed E-state index contributed by atoms with van der Waals surface area (Å²) >= 11 is 0. The predicted octanol–water partition coefficient (Wildman–Crippen LogP) is -0.360. The summed E-state index contributed by atoms with van der Waals surface area (Å²) in [5.74, 6) is 0.0253. The number of ether oxygens (including phenoxy) is 1. The number of methoxy groups -OCH3 is 1. The fourth-order valence-electron chi connectivity index (χ4n) is 1.32. The first-order valence-electron chi connectivity index (χ1n) is 5.82. The van der Waals surface area contributed by atoms with Crippen molar-refractivity contribution in [1.29, 1.82) is 0 Å². The van der Waals surface area contributed by atoms with Gasteiger partial charge in [0.2, 0.25) is 15.9 Å². The second kappa shape index (κ2) is 7.06. The van der Waals surface area contributed by atoms with Gasteiger partial charge in [0, 0.05) is 33.4 Å². The molecule has 0 bridgehead atoms. The van der Waals surface area contributed by atoms with Crippen molar-refractivity contribution in [2.75, 3.05) is 34.3 Å². The zero-order chi connectivity index (χ0) is 15.2. The Labute approximate surface area is 118 Å². The van der Waals surface area contributed by atoms with Crippen molar-refractivity contribution in [3.05, 3.63) is 18.3 Å². The average Bonchev–Trinajstić information content (AvgIpc) is 2.43. The number of sulfonamides is 1. The number of amides is 2. The first-order chi connectivity index (χ1) is 9.38. The molecule has 0 saturated heterocycles. The van der Waals surface area contributed by atoms with Gasteiger partial charge in [-0.2, -0.15) is 0 Å². The van der Waals surface area contributed by atoms with Gasteiger partial charge in [-0.05, 0) is 12.1 Å². The summed E-state index contributed by atoms with van der Waals surface area (Å²) in [6.45, 7) is 0.249. The molecule has 2 N–H and O–H groups in total. The first-order valence-corrected chi connectivity index (χ1v) is 7.30. The Bertz CT molecular complexity index is 559. The topological polar surface area (TPSA) is 101 Å². The Morgan fingerprint density at radius 2 is 2.10 bits per heavy atom. The van der Waals surface area contributed by atoms with Crippen LogP contribution in [0.25, 0.3) is 0 Å². The number of nitrogens with one attached hydrogen (secondary N) is 2. The number of carbonyl (C=O) groups is 1. The molecule has 0 atom stereocenters. The van der Waals surface area contributed by atoms with Gasteiger partial charge in [-0.1, -0.05) is 0 Å². The summed E-state index contributed by atoms with van der Waals surface area (Å²) in [5, 5.41) is 2.55. The molecule has 2 amide bonds. The molecule has 20 heavy (non-hydrogen) atoms. The van der Waals surface area contributed by atoms with E-state index in [1.807, 2.05) is 0 Å². The van der Waals surface area contributed by atoms with Gasteiger partial charge in [-0.25, -0.2) is 22.9 Å². The summed E-state index contributed by atoms with van der Waals surface area (Å²) in [7, 11) is 0.817. The van der Waals surface area contributed by atoms with E-state index in [1.165, 1.54) is 30.3 Å². The van der Waals surface area contributed by atoms with Crippen LogP contribution in [0.1, 0.15) is 0 Å². The van der Waals surface area contributed by atoms with Gasteiger partial charge in [0.25, 0.3) is 0 Å². The highest BCUT2D eigenvalue weighted by Gasteiger charge is 2.19. The highest BCUT2D eigenvalue weighted by Crippen LogP contribution is 2.19. The van der Waals surface area contributed by atoms with Crippen LogP contribution in [0, 0.1) is 0 Å². The second-order valence-electron chi connectivity index (χ2n) is 4.03. The standard InChI is InChI=1S/C11H18N4O4S/c1-15(2)11(16)13-7-8-14-20(17,18)9-5-4-6-12-10(9)19-3/h4-6,14H,7-8H2,1-3H3,(H,13,16). The Balaban J connectivity index is 2.60. The third-order valence-electron chi connectivity index (χ3n) is 2.32. The van der Waals surface area contributed by atoms with Crippen molar-refractivity contribution >= 4 is 16.1 Å². The van der Waals surface area contributed by atoms with Gasteiger partial charge in [-0.3, -0.25) is 0 Å². The maximum atomic E-state index is 12.0. The Morgan fingerprint density at radius 3 is 2.70 bits per heavy atom. The normalized spacial score (nSPS) is 10.9. The van der Waals surface area contributed by atoms with Crippen molar-refractivity contribution in [2.24, 2.45) is 0 Å². The van der Waals surface area contributed by atoms with Crippen LogP contribution in [-0.2, 0) is 10.0 Å². The molecule has 0 unspecified atom stereocenters. The third kappa shape index (κ3) is 4.35. The number of aromatic nitrogens is 1. The Kier molecular flexibility index (Phi) is 5.71. The molecule has 1 aromatic rings. The molecule has 1 aromatic heterocycles. The van der Waals surface area contributed by atoms with Crippen LogP contribution in [0.2, 0.25) is 0 Å². The van der Waals surface area contributed by atoms with Crippen molar-refractivity contribution < 1.29 is 17.9 Å². The highest BCUT2D eigenvalue weighted by atomic mass is 32.2. The molecule has 112 valence electrons. The minimum Gasteiger partial charge on any atom is -0.480 e. The molecular formula is C11H18N4O4S. The zero-order valence-electron chi connectivity index (χ0n) is 11.6. The number of rotatable bonds is 6. The van der Waals surface area contributed by atoms with Crippen LogP contribution in [0.15, 0.2) is 23.2 Å². The van der Waals surface area contributed by atoms with Crippen LogP contribution in [0.5, 0.6) is 5.88 Å². The summed E-state index contributed by atoms with van der Waals surface area (Å²) in [6, 6.07) is 2.61. The molecule has 8 nitrogen and oxygen atoms in total. The van der Waals surface area contributed by atoms with E-state index in [0.717, 1.165) is 0 Å². The largest absolute Gasteiger partial charge is 0.480 e. The average molecular weight is 302 g/mol. The number of hydrogen-bond donors (Lipinski definition) is 2. The minimum atomic E-state index is -3.72. The van der Waals surface area contributed by atoms with Gasteiger partial charge < -0.3 is 15.0 Å². The quantitative estimate of drug-likeness (QED) is 0.699. The van der Waals surface area contributed by atoms with Crippen molar-refractivity contribution in [2.45, 2.75) is 4.90 Å². The fraction of sp³-hybridized carbons (Fsp3) is 0.455. The molecule has 0 fully saturated rings. The van der Waals surface area contributed by atoms with E-state index in [4.69, 9.17) is 4.74 Å². The highest BCUT2D eigenvalue weighted by molar-refractivity contribution is 7.89. The summed E-state index contributed by atoms with van der Waals surface area (Å²) in [6.07, 6.45) is 1.44. The number of carbonyl (C=O) groups excluding carboxylic acids is 1. The summed E-state index contributed by atoms with van der Waals surface area (Å²) < 4.78 is 31.3. The van der Waals surface area contributed by atoms with Crippen molar-refractivity contribution in [3.63, 3.8) is 0 Å². The van der Waals surface area contributed by atoms with Gasteiger partial charge in [0.1, 0.15) is 4.90 Å². The zero-order valence-corrected chi connectivity index (χ0v) is 12.4. The maximum Gasteiger partial charge on any atom is 0.316 e. The van der Waals surface area contributed by atoms with Crippen LogP contribution in [0.3, 0.4) is 0 Å². The molecule has 9 heteroatoms. The van der Waals surface area contributed by atoms with Gasteiger partial charge in [-0.15, -0.1) is 0 Å². The maximum absolute atomic E-state index is 12.0. The molecule has 0 aromatic carbocycles. The van der Waals surface area contributed by atoms with Gasteiger partial charge >= 0.3 is 6.03 Å². The molecule has 0 aliphatic heterocycles. The number of pyridine rings is 1. The fourth-order valence-corrected chi connectivity index (χ4v) is 2.47. The lowest BCUT2D eigenvalue weighted by Gasteiger charge is -2.13. The smallest absolute Gasteiger partial charge is 0.316 e. The lowest BCUT2D eigenvalue weighted by molar-refractivity contribution is 0.217. The van der Waals surface area contributed by atoms with E-state index in [2.05, 4.69) is 15.0 Å². The minimum absolute atomic E-state index is 0.0253. The number of hydrogen-bond acceptors (Lipinski definition) is 5. The first kappa shape index (κ1) is 16.2. The molecule has 1 rings (SSSR count). The number of urea groups is 1. The van der Waals surface area contributed by atoms with Crippen molar-refractivity contribution in [3.8, 4) is 5.88 Å². The molecule has 0 aliphatic carbocycles. The second-order valence-corrected chi connectivity index (χ2v) is 5.77. The van der Waals surface area contributed by atoms with Crippen LogP contribution >= 0.6 is 0 Å². The summed E-state index contributed by atoms with van der Waals surface area (Å²) in [5.41, 5.74) is 0. The lowest BCUT2D eigenvalue weighted by Crippen LogP contribution is -2.39. The van der Waals surface area contributed by atoms with E-state index in [-0.39, 0.29) is 29.9 Å². The lowest BCUT2D eigenvalue weighted by atomic mass is 10.5. The van der Waals surface area contributed by atoms with Crippen LogP contribution in [0.4, 0.5) is 4.79 Å². The molecule has 0 saturated carbocycles. The van der Waals surface area contributed by atoms with Crippen LogP contribution in [-0.4, -0.2) is 58.6 Å². The molecule has 1 heterocycles. The van der Waals surface area contributed by atoms with E-state index >= 15 is 0 Å². The predicted molar refractivity (Wildman–Crippen MR) is 73.1 cm³/mol. The van der Waals surface area contributed by atoms with Crippen LogP contribution < -0.4 is 14.8 Å². The molecule has 0 radical (unpaired) electrons. The number of nitrogens with zero attached hydrogens (tertiary/aromatic N) is 2. The Hall–Kier alpha value is -1.87. The molecular weight excluding hydrogens is 284 g/mol.